The lowest BCUT2D eigenvalue weighted by molar-refractivity contribution is 0.251. The quantitative estimate of drug-likeness (QED) is 0.906. The molecule has 1 aromatic heterocycles. The Kier molecular flexibility index (Phi) is 4.46. The van der Waals surface area contributed by atoms with Gasteiger partial charge in [0.15, 0.2) is 0 Å². The number of nitrogens with one attached hydrogen (secondary N) is 2. The molecule has 0 spiro atoms. The minimum atomic E-state index is -0.314. The van der Waals surface area contributed by atoms with Crippen molar-refractivity contribution in [2.45, 2.75) is 6.54 Å². The van der Waals surface area contributed by atoms with E-state index < -0.39 is 0 Å². The third kappa shape index (κ3) is 3.75. The van der Waals surface area contributed by atoms with Crippen molar-refractivity contribution in [2.75, 3.05) is 12.4 Å². The Balaban J connectivity index is 1.94. The topological polar surface area (TPSA) is 63.5 Å². The predicted molar refractivity (Wildman–Crippen MR) is 75.3 cm³/mol. The number of hydrogen-bond donors (Lipinski definition) is 2. The largest absolute Gasteiger partial charge is 0.497 e. The molecule has 2 N–H and O–H groups in total. The average Bonchev–Trinajstić information content (AvgIpc) is 2.92. The van der Waals surface area contributed by atoms with Gasteiger partial charge in [-0.25, -0.2) is 4.79 Å². The van der Waals surface area contributed by atoms with Crippen LogP contribution in [-0.2, 0) is 6.54 Å². The molecule has 2 amide bonds. The van der Waals surface area contributed by atoms with Crippen molar-refractivity contribution in [3.8, 4) is 5.75 Å². The van der Waals surface area contributed by atoms with Crippen molar-refractivity contribution < 1.29 is 13.9 Å². The summed E-state index contributed by atoms with van der Waals surface area (Å²) in [6.45, 7) is 0.334. The van der Waals surface area contributed by atoms with Crippen molar-refractivity contribution in [3.05, 3.63) is 46.8 Å². The van der Waals surface area contributed by atoms with E-state index in [2.05, 4.69) is 26.6 Å². The predicted octanol–water partition coefficient (Wildman–Crippen LogP) is 3.37. The number of carbonyl (C=O) groups is 1. The van der Waals surface area contributed by atoms with Gasteiger partial charge in [0, 0.05) is 10.5 Å². The molecule has 0 aliphatic carbocycles. The van der Waals surface area contributed by atoms with E-state index in [0.717, 1.165) is 4.47 Å². The number of anilines is 1. The zero-order chi connectivity index (χ0) is 13.7. The summed E-state index contributed by atoms with van der Waals surface area (Å²) in [7, 11) is 1.57. The summed E-state index contributed by atoms with van der Waals surface area (Å²) in [5.74, 6) is 1.37. The Bertz CT molecular complexity index is 555. The van der Waals surface area contributed by atoms with Crippen molar-refractivity contribution in [2.24, 2.45) is 0 Å². The zero-order valence-corrected chi connectivity index (χ0v) is 11.9. The molecule has 0 aliphatic heterocycles. The molecule has 0 aliphatic rings. The molecule has 0 unspecified atom stereocenters. The highest BCUT2D eigenvalue weighted by molar-refractivity contribution is 9.10. The normalized spacial score (nSPS) is 10.0. The molecule has 0 bridgehead atoms. The van der Waals surface area contributed by atoms with Gasteiger partial charge < -0.3 is 19.8 Å². The molecule has 0 fully saturated rings. The monoisotopic (exact) mass is 324 g/mol. The zero-order valence-electron chi connectivity index (χ0n) is 10.3. The van der Waals surface area contributed by atoms with Crippen LogP contribution in [0.1, 0.15) is 5.76 Å². The molecule has 0 radical (unpaired) electrons. The molecule has 1 aromatic carbocycles. The molecule has 19 heavy (non-hydrogen) atoms. The fraction of sp³-hybridized carbons (Fsp3) is 0.154. The van der Waals surface area contributed by atoms with Crippen molar-refractivity contribution in [1.82, 2.24) is 5.32 Å². The van der Waals surface area contributed by atoms with E-state index in [-0.39, 0.29) is 6.03 Å². The SMILES string of the molecule is COc1ccc(Br)c(NC(=O)NCc2ccco2)c1. The van der Waals surface area contributed by atoms with Crippen molar-refractivity contribution >= 4 is 27.6 Å². The van der Waals surface area contributed by atoms with Gasteiger partial charge in [-0.2, -0.15) is 0 Å². The van der Waals surface area contributed by atoms with Crippen LogP contribution in [0.25, 0.3) is 0 Å². The fourth-order valence-corrected chi connectivity index (χ4v) is 1.82. The van der Waals surface area contributed by atoms with Gasteiger partial charge in [-0.05, 0) is 40.2 Å². The van der Waals surface area contributed by atoms with E-state index in [0.29, 0.717) is 23.7 Å². The van der Waals surface area contributed by atoms with Gasteiger partial charge >= 0.3 is 6.03 Å². The Hall–Kier alpha value is -1.95. The number of urea groups is 1. The van der Waals surface area contributed by atoms with Crippen LogP contribution >= 0.6 is 15.9 Å². The third-order valence-corrected chi connectivity index (χ3v) is 3.12. The summed E-state index contributed by atoms with van der Waals surface area (Å²) < 4.78 is 11.0. The highest BCUT2D eigenvalue weighted by Crippen LogP contribution is 2.26. The molecule has 1 heterocycles. The summed E-state index contributed by atoms with van der Waals surface area (Å²) >= 11 is 3.36. The summed E-state index contributed by atoms with van der Waals surface area (Å²) in [6, 6.07) is 8.59. The Labute approximate surface area is 119 Å². The molecular formula is C13H13BrN2O3. The first-order valence-electron chi connectivity index (χ1n) is 5.60. The van der Waals surface area contributed by atoms with E-state index in [1.54, 1.807) is 43.7 Å². The van der Waals surface area contributed by atoms with Crippen LogP contribution in [0.3, 0.4) is 0 Å². The van der Waals surface area contributed by atoms with Gasteiger partial charge in [-0.15, -0.1) is 0 Å². The van der Waals surface area contributed by atoms with Crippen LogP contribution < -0.4 is 15.4 Å². The summed E-state index contributed by atoms with van der Waals surface area (Å²) in [6.07, 6.45) is 1.56. The Morgan fingerprint density at radius 1 is 1.42 bits per heavy atom. The summed E-state index contributed by atoms with van der Waals surface area (Å²) in [4.78, 5) is 11.7. The molecule has 0 saturated carbocycles. The Morgan fingerprint density at radius 2 is 2.26 bits per heavy atom. The maximum atomic E-state index is 11.7. The van der Waals surface area contributed by atoms with Crippen molar-refractivity contribution in [3.63, 3.8) is 0 Å². The van der Waals surface area contributed by atoms with Crippen LogP contribution in [0, 0.1) is 0 Å². The first-order chi connectivity index (χ1) is 9.19. The van der Waals surface area contributed by atoms with Gasteiger partial charge in [-0.3, -0.25) is 0 Å². The maximum absolute atomic E-state index is 11.7. The van der Waals surface area contributed by atoms with Crippen LogP contribution in [0.2, 0.25) is 0 Å². The van der Waals surface area contributed by atoms with Gasteiger partial charge in [0.1, 0.15) is 11.5 Å². The lowest BCUT2D eigenvalue weighted by Gasteiger charge is -2.09. The number of methoxy groups -OCH3 is 1. The van der Waals surface area contributed by atoms with Gasteiger partial charge in [-0.1, -0.05) is 0 Å². The first kappa shape index (κ1) is 13.5. The third-order valence-electron chi connectivity index (χ3n) is 2.43. The number of rotatable bonds is 4. The standard InChI is InChI=1S/C13H13BrN2O3/c1-18-9-4-5-11(14)12(7-9)16-13(17)15-8-10-3-2-6-19-10/h2-7H,8H2,1H3,(H2,15,16,17). The number of furan rings is 1. The maximum Gasteiger partial charge on any atom is 0.319 e. The Morgan fingerprint density at radius 3 is 2.95 bits per heavy atom. The fourth-order valence-electron chi connectivity index (χ4n) is 1.47. The molecule has 100 valence electrons. The molecule has 0 atom stereocenters. The highest BCUT2D eigenvalue weighted by atomic mass is 79.9. The molecule has 2 rings (SSSR count). The molecule has 0 saturated heterocycles. The lowest BCUT2D eigenvalue weighted by Crippen LogP contribution is -2.28. The van der Waals surface area contributed by atoms with E-state index in [1.807, 2.05) is 0 Å². The number of ether oxygens (including phenoxy) is 1. The van der Waals surface area contributed by atoms with Crippen LogP contribution in [0.4, 0.5) is 10.5 Å². The second-order valence-electron chi connectivity index (χ2n) is 3.73. The van der Waals surface area contributed by atoms with Crippen LogP contribution in [-0.4, -0.2) is 13.1 Å². The van der Waals surface area contributed by atoms with Gasteiger partial charge in [0.25, 0.3) is 0 Å². The summed E-state index contributed by atoms with van der Waals surface area (Å²) in [5.41, 5.74) is 0.635. The summed E-state index contributed by atoms with van der Waals surface area (Å²) in [5, 5.41) is 5.42. The van der Waals surface area contributed by atoms with E-state index >= 15 is 0 Å². The molecule has 5 nitrogen and oxygen atoms in total. The smallest absolute Gasteiger partial charge is 0.319 e. The average molecular weight is 325 g/mol. The van der Waals surface area contributed by atoms with Gasteiger partial charge in [0.2, 0.25) is 0 Å². The second kappa shape index (κ2) is 6.29. The molecule has 6 heteroatoms. The second-order valence-corrected chi connectivity index (χ2v) is 4.59. The lowest BCUT2D eigenvalue weighted by atomic mass is 10.3. The number of carbonyl (C=O) groups excluding carboxylic acids is 1. The molecule has 2 aromatic rings. The number of halogens is 1. The van der Waals surface area contributed by atoms with Crippen LogP contribution in [0.5, 0.6) is 5.75 Å². The number of hydrogen-bond acceptors (Lipinski definition) is 3. The van der Waals surface area contributed by atoms with E-state index in [1.165, 1.54) is 0 Å². The first-order valence-corrected chi connectivity index (χ1v) is 6.39. The van der Waals surface area contributed by atoms with Crippen LogP contribution in [0.15, 0.2) is 45.5 Å². The van der Waals surface area contributed by atoms with Gasteiger partial charge in [0.05, 0.1) is 25.6 Å². The number of amides is 2. The number of benzene rings is 1. The van der Waals surface area contributed by atoms with E-state index in [4.69, 9.17) is 9.15 Å². The highest BCUT2D eigenvalue weighted by Gasteiger charge is 2.07. The minimum Gasteiger partial charge on any atom is -0.497 e. The molecular weight excluding hydrogens is 312 g/mol. The minimum absolute atomic E-state index is 0.314. The van der Waals surface area contributed by atoms with Crippen molar-refractivity contribution in [1.29, 1.82) is 0 Å². The van der Waals surface area contributed by atoms with E-state index in [9.17, 15) is 4.79 Å².